The summed E-state index contributed by atoms with van der Waals surface area (Å²) in [6.07, 6.45) is 0. The van der Waals surface area contributed by atoms with Crippen LogP contribution in [0.5, 0.6) is 0 Å². The molecule has 0 bridgehead atoms. The molecule has 0 unspecified atom stereocenters. The fourth-order valence-electron chi connectivity index (χ4n) is 1.79. The molecule has 0 aromatic heterocycles. The lowest BCUT2D eigenvalue weighted by atomic mass is 10.1. The molecule has 0 aliphatic heterocycles. The maximum absolute atomic E-state index is 13.5. The third-order valence-electron chi connectivity index (χ3n) is 2.85. The van der Waals surface area contributed by atoms with Gasteiger partial charge < -0.3 is 10.4 Å². The molecule has 20 heavy (non-hydrogen) atoms. The minimum atomic E-state index is -0.944. The number of hydrogen-bond donors (Lipinski definition) is 2. The molecule has 104 valence electrons. The van der Waals surface area contributed by atoms with Crippen LogP contribution in [0.25, 0.3) is 0 Å². The van der Waals surface area contributed by atoms with Gasteiger partial charge in [0.2, 0.25) is 0 Å². The summed E-state index contributed by atoms with van der Waals surface area (Å²) >= 11 is 3.30. The molecule has 2 rings (SSSR count). The van der Waals surface area contributed by atoms with E-state index < -0.39 is 5.97 Å². The summed E-state index contributed by atoms with van der Waals surface area (Å²) < 4.78 is 14.3. The first-order valence-corrected chi connectivity index (χ1v) is 6.82. The number of benzene rings is 2. The minimum Gasteiger partial charge on any atom is -0.478 e. The molecule has 5 heteroatoms. The van der Waals surface area contributed by atoms with Gasteiger partial charge in [0.05, 0.1) is 5.56 Å². The van der Waals surface area contributed by atoms with E-state index >= 15 is 0 Å². The molecular formula is C15H13BrFNO2. The van der Waals surface area contributed by atoms with E-state index in [0.29, 0.717) is 18.7 Å². The molecule has 2 aromatic rings. The molecule has 0 aliphatic carbocycles. The molecule has 0 spiro atoms. The van der Waals surface area contributed by atoms with Crippen LogP contribution in [-0.2, 0) is 13.1 Å². The Morgan fingerprint density at radius 1 is 1.15 bits per heavy atom. The van der Waals surface area contributed by atoms with Crippen LogP contribution in [0.3, 0.4) is 0 Å². The molecule has 0 saturated carbocycles. The summed E-state index contributed by atoms with van der Waals surface area (Å²) in [7, 11) is 0. The summed E-state index contributed by atoms with van der Waals surface area (Å²) in [6, 6.07) is 11.4. The van der Waals surface area contributed by atoms with Crippen molar-refractivity contribution in [3.8, 4) is 0 Å². The van der Waals surface area contributed by atoms with Gasteiger partial charge in [0.1, 0.15) is 5.82 Å². The van der Waals surface area contributed by atoms with Crippen molar-refractivity contribution in [2.45, 2.75) is 13.1 Å². The van der Waals surface area contributed by atoms with Crippen LogP contribution < -0.4 is 5.32 Å². The summed E-state index contributed by atoms with van der Waals surface area (Å²) in [5.41, 5.74) is 1.79. The van der Waals surface area contributed by atoms with Gasteiger partial charge in [-0.1, -0.05) is 28.1 Å². The monoisotopic (exact) mass is 337 g/mol. The Labute approximate surface area is 124 Å². The zero-order valence-corrected chi connectivity index (χ0v) is 12.2. The highest BCUT2D eigenvalue weighted by molar-refractivity contribution is 9.10. The highest BCUT2D eigenvalue weighted by atomic mass is 79.9. The van der Waals surface area contributed by atoms with Crippen molar-refractivity contribution in [3.63, 3.8) is 0 Å². The molecule has 0 aliphatic rings. The van der Waals surface area contributed by atoms with Gasteiger partial charge in [-0.3, -0.25) is 0 Å². The third kappa shape index (κ3) is 3.88. The Balaban J connectivity index is 1.92. The van der Waals surface area contributed by atoms with E-state index in [1.807, 2.05) is 0 Å². The van der Waals surface area contributed by atoms with E-state index in [1.165, 1.54) is 6.07 Å². The van der Waals surface area contributed by atoms with Gasteiger partial charge in [0.15, 0.2) is 0 Å². The molecule has 0 heterocycles. The van der Waals surface area contributed by atoms with Crippen LogP contribution in [0.1, 0.15) is 21.5 Å². The SMILES string of the molecule is O=C(O)c1ccc(CNCc2cc(Br)ccc2F)cc1. The maximum atomic E-state index is 13.5. The lowest BCUT2D eigenvalue weighted by molar-refractivity contribution is 0.0697. The van der Waals surface area contributed by atoms with E-state index in [1.54, 1.807) is 36.4 Å². The van der Waals surface area contributed by atoms with E-state index in [-0.39, 0.29) is 11.4 Å². The van der Waals surface area contributed by atoms with Gasteiger partial charge in [0, 0.05) is 23.1 Å². The Morgan fingerprint density at radius 2 is 1.85 bits per heavy atom. The summed E-state index contributed by atoms with van der Waals surface area (Å²) in [4.78, 5) is 10.7. The van der Waals surface area contributed by atoms with Gasteiger partial charge in [-0.25, -0.2) is 9.18 Å². The number of hydrogen-bond acceptors (Lipinski definition) is 2. The molecule has 3 nitrogen and oxygen atoms in total. The van der Waals surface area contributed by atoms with Gasteiger partial charge in [-0.05, 0) is 35.9 Å². The van der Waals surface area contributed by atoms with Crippen molar-refractivity contribution in [3.05, 3.63) is 69.4 Å². The zero-order chi connectivity index (χ0) is 14.5. The lowest BCUT2D eigenvalue weighted by Gasteiger charge is -2.07. The van der Waals surface area contributed by atoms with E-state index in [9.17, 15) is 9.18 Å². The predicted octanol–water partition coefficient (Wildman–Crippen LogP) is 3.58. The summed E-state index contributed by atoms with van der Waals surface area (Å²) in [6.45, 7) is 0.956. The average Bonchev–Trinajstić information content (AvgIpc) is 2.43. The molecule has 0 radical (unpaired) electrons. The molecule has 0 atom stereocenters. The molecule has 2 N–H and O–H groups in total. The minimum absolute atomic E-state index is 0.248. The van der Waals surface area contributed by atoms with Crippen molar-refractivity contribution in [1.29, 1.82) is 0 Å². The molecule has 2 aromatic carbocycles. The van der Waals surface area contributed by atoms with Crippen LogP contribution in [0, 0.1) is 5.82 Å². The number of carboxylic acid groups (broad SMARTS) is 1. The number of rotatable bonds is 5. The van der Waals surface area contributed by atoms with Gasteiger partial charge >= 0.3 is 5.97 Å². The number of halogens is 2. The van der Waals surface area contributed by atoms with Crippen molar-refractivity contribution in [2.24, 2.45) is 0 Å². The highest BCUT2D eigenvalue weighted by Crippen LogP contribution is 2.15. The largest absolute Gasteiger partial charge is 0.478 e. The standard InChI is InChI=1S/C15H13BrFNO2/c16-13-5-6-14(17)12(7-13)9-18-8-10-1-3-11(4-2-10)15(19)20/h1-7,18H,8-9H2,(H,19,20). The van der Waals surface area contributed by atoms with Crippen LogP contribution in [0.15, 0.2) is 46.9 Å². The van der Waals surface area contributed by atoms with Crippen molar-refractivity contribution in [1.82, 2.24) is 5.32 Å². The second kappa shape index (κ2) is 6.63. The van der Waals surface area contributed by atoms with Crippen LogP contribution in [0.2, 0.25) is 0 Å². The van der Waals surface area contributed by atoms with E-state index in [2.05, 4.69) is 21.2 Å². The highest BCUT2D eigenvalue weighted by Gasteiger charge is 2.04. The normalized spacial score (nSPS) is 10.5. The van der Waals surface area contributed by atoms with Crippen molar-refractivity contribution < 1.29 is 14.3 Å². The predicted molar refractivity (Wildman–Crippen MR) is 78.0 cm³/mol. The molecule has 0 saturated heterocycles. The number of aromatic carboxylic acids is 1. The zero-order valence-electron chi connectivity index (χ0n) is 10.6. The molecular weight excluding hydrogens is 325 g/mol. The number of nitrogens with one attached hydrogen (secondary N) is 1. The van der Waals surface area contributed by atoms with Crippen LogP contribution in [-0.4, -0.2) is 11.1 Å². The maximum Gasteiger partial charge on any atom is 0.335 e. The average molecular weight is 338 g/mol. The third-order valence-corrected chi connectivity index (χ3v) is 3.35. The molecule has 0 amide bonds. The van der Waals surface area contributed by atoms with Crippen molar-refractivity contribution in [2.75, 3.05) is 0 Å². The van der Waals surface area contributed by atoms with Crippen LogP contribution >= 0.6 is 15.9 Å². The number of carboxylic acids is 1. The summed E-state index contributed by atoms with van der Waals surface area (Å²) in [5.74, 6) is -1.19. The van der Waals surface area contributed by atoms with E-state index in [0.717, 1.165) is 10.0 Å². The van der Waals surface area contributed by atoms with Gasteiger partial charge in [0.25, 0.3) is 0 Å². The van der Waals surface area contributed by atoms with Crippen LogP contribution in [0.4, 0.5) is 4.39 Å². The quantitative estimate of drug-likeness (QED) is 0.876. The Kier molecular flexibility index (Phi) is 4.87. The number of carbonyl (C=O) groups is 1. The fraction of sp³-hybridized carbons (Fsp3) is 0.133. The second-order valence-electron chi connectivity index (χ2n) is 4.34. The van der Waals surface area contributed by atoms with E-state index in [4.69, 9.17) is 5.11 Å². The molecule has 0 fully saturated rings. The summed E-state index contributed by atoms with van der Waals surface area (Å²) in [5, 5.41) is 11.9. The second-order valence-corrected chi connectivity index (χ2v) is 5.26. The van der Waals surface area contributed by atoms with Gasteiger partial charge in [-0.2, -0.15) is 0 Å². The fourth-order valence-corrected chi connectivity index (χ4v) is 2.19. The first-order valence-electron chi connectivity index (χ1n) is 6.03. The topological polar surface area (TPSA) is 49.3 Å². The first kappa shape index (κ1) is 14.7. The van der Waals surface area contributed by atoms with Crippen molar-refractivity contribution >= 4 is 21.9 Å². The first-order chi connectivity index (χ1) is 9.56. The Hall–Kier alpha value is -1.72. The smallest absolute Gasteiger partial charge is 0.335 e. The Bertz CT molecular complexity index is 614. The Morgan fingerprint density at radius 3 is 2.50 bits per heavy atom. The lowest BCUT2D eigenvalue weighted by Crippen LogP contribution is -2.13. The van der Waals surface area contributed by atoms with Gasteiger partial charge in [-0.15, -0.1) is 0 Å².